The fourth-order valence-corrected chi connectivity index (χ4v) is 6.87. The van der Waals surface area contributed by atoms with E-state index < -0.39 is 10.0 Å². The van der Waals surface area contributed by atoms with Crippen molar-refractivity contribution in [1.82, 2.24) is 0 Å². The number of anilines is 1. The molecule has 0 saturated carbocycles. The molecule has 4 nitrogen and oxygen atoms in total. The maximum Gasteiger partial charge on any atom is 0.264 e. The topological polar surface area (TPSA) is 61.2 Å². The monoisotopic (exact) mass is 432 g/mol. The van der Waals surface area contributed by atoms with Gasteiger partial charge in [-0.2, -0.15) is 5.26 Å². The van der Waals surface area contributed by atoms with Gasteiger partial charge >= 0.3 is 0 Å². The minimum Gasteiger partial charge on any atom is -0.264 e. The standard InChI is InChI=1S/C24H20N2O2S2/c25-16-17-4-6-19(7-5-17)21-9-11-24-23(15-21)26(12-13-29-24)30(27,28)22-10-8-18-2-1-3-20(18)14-22/h4-11,14-15H,1-3,12-13H2. The molecule has 1 heterocycles. The van der Waals surface area contributed by atoms with Crippen molar-refractivity contribution >= 4 is 27.5 Å². The van der Waals surface area contributed by atoms with Gasteiger partial charge in [0.15, 0.2) is 0 Å². The molecule has 3 aromatic rings. The Labute approximate surface area is 181 Å². The molecule has 0 bridgehead atoms. The summed E-state index contributed by atoms with van der Waals surface area (Å²) >= 11 is 1.68. The number of aryl methyl sites for hydroxylation is 2. The van der Waals surface area contributed by atoms with Gasteiger partial charge in [0.25, 0.3) is 10.0 Å². The molecule has 0 amide bonds. The van der Waals surface area contributed by atoms with Crippen LogP contribution in [-0.2, 0) is 22.9 Å². The van der Waals surface area contributed by atoms with Crippen LogP contribution in [0.15, 0.2) is 70.5 Å². The molecule has 0 saturated heterocycles. The quantitative estimate of drug-likeness (QED) is 0.583. The third kappa shape index (κ3) is 3.28. The van der Waals surface area contributed by atoms with E-state index in [1.807, 2.05) is 42.5 Å². The predicted molar refractivity (Wildman–Crippen MR) is 120 cm³/mol. The van der Waals surface area contributed by atoms with E-state index in [1.54, 1.807) is 34.3 Å². The van der Waals surface area contributed by atoms with E-state index in [2.05, 4.69) is 6.07 Å². The summed E-state index contributed by atoms with van der Waals surface area (Å²) in [5.74, 6) is 0.730. The largest absolute Gasteiger partial charge is 0.264 e. The number of hydrogen-bond donors (Lipinski definition) is 0. The first-order chi connectivity index (χ1) is 14.6. The summed E-state index contributed by atoms with van der Waals surface area (Å²) in [6.45, 7) is 0.452. The average molecular weight is 433 g/mol. The van der Waals surface area contributed by atoms with E-state index in [-0.39, 0.29) is 0 Å². The molecule has 0 N–H and O–H groups in total. The van der Waals surface area contributed by atoms with Gasteiger partial charge in [0, 0.05) is 17.2 Å². The summed E-state index contributed by atoms with van der Waals surface area (Å²) in [4.78, 5) is 1.35. The maximum atomic E-state index is 13.6. The van der Waals surface area contributed by atoms with Crippen molar-refractivity contribution in [3.63, 3.8) is 0 Å². The maximum absolute atomic E-state index is 13.6. The molecular formula is C24H20N2O2S2. The zero-order valence-corrected chi connectivity index (χ0v) is 18.0. The molecule has 3 aromatic carbocycles. The third-order valence-corrected chi connectivity index (χ3v) is 8.64. The number of thioether (sulfide) groups is 1. The molecule has 1 aliphatic heterocycles. The highest BCUT2D eigenvalue weighted by atomic mass is 32.2. The van der Waals surface area contributed by atoms with E-state index in [0.29, 0.717) is 17.0 Å². The van der Waals surface area contributed by atoms with Gasteiger partial charge < -0.3 is 0 Å². The van der Waals surface area contributed by atoms with Crippen molar-refractivity contribution < 1.29 is 8.42 Å². The zero-order chi connectivity index (χ0) is 20.7. The van der Waals surface area contributed by atoms with Gasteiger partial charge in [0.2, 0.25) is 0 Å². The molecule has 2 aliphatic rings. The number of rotatable bonds is 3. The van der Waals surface area contributed by atoms with E-state index in [9.17, 15) is 8.42 Å². The molecule has 0 unspecified atom stereocenters. The van der Waals surface area contributed by atoms with E-state index in [4.69, 9.17) is 5.26 Å². The minimum absolute atomic E-state index is 0.379. The Bertz CT molecular complexity index is 1280. The van der Waals surface area contributed by atoms with E-state index >= 15 is 0 Å². The number of nitrogens with zero attached hydrogens (tertiary/aromatic N) is 2. The Morgan fingerprint density at radius 3 is 2.47 bits per heavy atom. The number of hydrogen-bond acceptors (Lipinski definition) is 4. The Morgan fingerprint density at radius 2 is 1.67 bits per heavy atom. The molecular weight excluding hydrogens is 412 g/mol. The zero-order valence-electron chi connectivity index (χ0n) is 16.3. The molecule has 30 heavy (non-hydrogen) atoms. The fourth-order valence-electron chi connectivity index (χ4n) is 4.20. The lowest BCUT2D eigenvalue weighted by molar-refractivity contribution is 0.591. The van der Waals surface area contributed by atoms with Crippen molar-refractivity contribution in [1.29, 1.82) is 5.26 Å². The highest BCUT2D eigenvalue weighted by Crippen LogP contribution is 2.40. The SMILES string of the molecule is N#Cc1ccc(-c2ccc3c(c2)N(S(=O)(=O)c2ccc4c(c2)CCC4)CCS3)cc1. The molecule has 1 aliphatic carbocycles. The highest BCUT2D eigenvalue weighted by molar-refractivity contribution is 8.00. The summed E-state index contributed by atoms with van der Waals surface area (Å²) in [7, 11) is -3.63. The molecule has 0 atom stereocenters. The molecule has 0 spiro atoms. The van der Waals surface area contributed by atoms with Gasteiger partial charge in [-0.15, -0.1) is 11.8 Å². The predicted octanol–water partition coefficient (Wildman–Crippen LogP) is 5.01. The van der Waals surface area contributed by atoms with Crippen LogP contribution < -0.4 is 4.31 Å². The number of fused-ring (bicyclic) bond motifs is 2. The molecule has 5 rings (SSSR count). The van der Waals surface area contributed by atoms with Crippen LogP contribution in [0.3, 0.4) is 0 Å². The number of sulfonamides is 1. The molecule has 0 aromatic heterocycles. The van der Waals surface area contributed by atoms with Crippen molar-refractivity contribution in [2.75, 3.05) is 16.6 Å². The second-order valence-electron chi connectivity index (χ2n) is 7.58. The van der Waals surface area contributed by atoms with Crippen LogP contribution >= 0.6 is 11.8 Å². The van der Waals surface area contributed by atoms with Gasteiger partial charge in [-0.3, -0.25) is 4.31 Å². The molecule has 150 valence electrons. The van der Waals surface area contributed by atoms with Gasteiger partial charge in [-0.1, -0.05) is 24.3 Å². The van der Waals surface area contributed by atoms with Gasteiger partial charge in [0.05, 0.1) is 22.2 Å². The molecule has 0 fully saturated rings. The van der Waals surface area contributed by atoms with Gasteiger partial charge in [-0.25, -0.2) is 8.42 Å². The van der Waals surface area contributed by atoms with E-state index in [0.717, 1.165) is 52.3 Å². The second kappa shape index (κ2) is 7.50. The van der Waals surface area contributed by atoms with Crippen LogP contribution in [0, 0.1) is 11.3 Å². The van der Waals surface area contributed by atoms with Crippen LogP contribution in [0.5, 0.6) is 0 Å². The van der Waals surface area contributed by atoms with Crippen LogP contribution in [0.1, 0.15) is 23.1 Å². The third-order valence-electron chi connectivity index (χ3n) is 5.78. The second-order valence-corrected chi connectivity index (χ2v) is 10.6. The lowest BCUT2D eigenvalue weighted by Gasteiger charge is -2.30. The number of benzene rings is 3. The summed E-state index contributed by atoms with van der Waals surface area (Å²) in [6, 6.07) is 21.0. The van der Waals surface area contributed by atoms with Crippen LogP contribution in [-0.4, -0.2) is 20.7 Å². The summed E-state index contributed by atoms with van der Waals surface area (Å²) < 4.78 is 28.7. The van der Waals surface area contributed by atoms with Gasteiger partial charge in [-0.05, 0) is 77.9 Å². The molecule has 6 heteroatoms. The normalized spacial score (nSPS) is 15.4. The van der Waals surface area contributed by atoms with Crippen LogP contribution in [0.25, 0.3) is 11.1 Å². The van der Waals surface area contributed by atoms with Crippen molar-refractivity contribution in [2.24, 2.45) is 0 Å². The minimum atomic E-state index is -3.63. The molecule has 0 radical (unpaired) electrons. The van der Waals surface area contributed by atoms with Gasteiger partial charge in [0.1, 0.15) is 0 Å². The lowest BCUT2D eigenvalue weighted by atomic mass is 10.0. The summed E-state index contributed by atoms with van der Waals surface area (Å²) in [6.07, 6.45) is 3.08. The Hall–Kier alpha value is -2.75. The van der Waals surface area contributed by atoms with Crippen molar-refractivity contribution in [3.05, 3.63) is 77.4 Å². The fraction of sp³-hybridized carbons (Fsp3) is 0.208. The first kappa shape index (κ1) is 19.2. The van der Waals surface area contributed by atoms with E-state index in [1.165, 1.54) is 5.56 Å². The van der Waals surface area contributed by atoms with Crippen LogP contribution in [0.2, 0.25) is 0 Å². The highest BCUT2D eigenvalue weighted by Gasteiger charge is 2.30. The first-order valence-corrected chi connectivity index (χ1v) is 12.4. The van der Waals surface area contributed by atoms with Crippen molar-refractivity contribution in [2.45, 2.75) is 29.1 Å². The van der Waals surface area contributed by atoms with Crippen molar-refractivity contribution in [3.8, 4) is 17.2 Å². The number of nitriles is 1. The van der Waals surface area contributed by atoms with Crippen LogP contribution in [0.4, 0.5) is 5.69 Å². The Balaban J connectivity index is 1.56. The Morgan fingerprint density at radius 1 is 0.900 bits per heavy atom. The first-order valence-electron chi connectivity index (χ1n) is 9.98. The summed E-state index contributed by atoms with van der Waals surface area (Å²) in [5.41, 5.74) is 5.67. The summed E-state index contributed by atoms with van der Waals surface area (Å²) in [5, 5.41) is 9.02. The Kier molecular flexibility index (Phi) is 4.80. The average Bonchev–Trinajstić information content (AvgIpc) is 3.26. The lowest BCUT2D eigenvalue weighted by Crippen LogP contribution is -2.35. The smallest absolute Gasteiger partial charge is 0.264 e.